The van der Waals surface area contributed by atoms with Crippen LogP contribution in [0.15, 0.2) is 53.5 Å². The van der Waals surface area contributed by atoms with Gasteiger partial charge in [-0.1, -0.05) is 35.9 Å². The lowest BCUT2D eigenvalue weighted by atomic mass is 9.90. The van der Waals surface area contributed by atoms with Crippen molar-refractivity contribution in [3.05, 3.63) is 64.9 Å². The molecule has 2 aromatic rings. The van der Waals surface area contributed by atoms with E-state index in [1.165, 1.54) is 6.07 Å². The average molecular weight is 304 g/mol. The maximum absolute atomic E-state index is 13.4. The van der Waals surface area contributed by atoms with Gasteiger partial charge in [0.1, 0.15) is 5.82 Å². The van der Waals surface area contributed by atoms with Gasteiger partial charge in [-0.05, 0) is 36.8 Å². The van der Waals surface area contributed by atoms with Crippen molar-refractivity contribution < 1.29 is 4.39 Å². The highest BCUT2D eigenvalue weighted by atomic mass is 35.5. The van der Waals surface area contributed by atoms with Crippen molar-refractivity contribution in [1.29, 1.82) is 0 Å². The van der Waals surface area contributed by atoms with Gasteiger partial charge in [-0.2, -0.15) is 0 Å². The molecule has 0 saturated carbocycles. The first-order valence-corrected chi connectivity index (χ1v) is 7.01. The number of anilines is 1. The molecule has 0 aliphatic carbocycles. The Morgan fingerprint density at radius 2 is 1.95 bits per heavy atom. The molecule has 21 heavy (non-hydrogen) atoms. The minimum atomic E-state index is -0.483. The van der Waals surface area contributed by atoms with Gasteiger partial charge in [0.05, 0.1) is 17.1 Å². The first-order valence-electron chi connectivity index (χ1n) is 6.63. The van der Waals surface area contributed by atoms with E-state index in [2.05, 4.69) is 4.99 Å². The lowest BCUT2D eigenvalue weighted by molar-refractivity contribution is 0.530. The van der Waals surface area contributed by atoms with Gasteiger partial charge in [0.15, 0.2) is 5.96 Å². The molecule has 108 valence electrons. The first kappa shape index (κ1) is 13.9. The van der Waals surface area contributed by atoms with Crippen LogP contribution >= 0.6 is 11.6 Å². The van der Waals surface area contributed by atoms with E-state index in [-0.39, 0.29) is 5.02 Å². The molecule has 1 atom stereocenters. The number of hydrogen-bond donors (Lipinski definition) is 1. The molecule has 0 aromatic heterocycles. The van der Waals surface area contributed by atoms with Crippen LogP contribution in [0.3, 0.4) is 0 Å². The highest BCUT2D eigenvalue weighted by Gasteiger charge is 2.40. The highest BCUT2D eigenvalue weighted by molar-refractivity contribution is 6.30. The van der Waals surface area contributed by atoms with Crippen LogP contribution in [0.2, 0.25) is 5.02 Å². The number of aliphatic imine (C=N–C) groups is 1. The predicted octanol–water partition coefficient (Wildman–Crippen LogP) is 3.53. The molecule has 0 spiro atoms. The lowest BCUT2D eigenvalue weighted by Gasteiger charge is -2.36. The third-order valence-electron chi connectivity index (χ3n) is 3.83. The lowest BCUT2D eigenvalue weighted by Crippen LogP contribution is -2.47. The van der Waals surface area contributed by atoms with E-state index in [0.717, 1.165) is 11.3 Å². The fourth-order valence-electron chi connectivity index (χ4n) is 2.67. The Labute approximate surface area is 127 Å². The van der Waals surface area contributed by atoms with Gasteiger partial charge < -0.3 is 10.6 Å². The van der Waals surface area contributed by atoms with Crippen LogP contribution in [0.1, 0.15) is 12.5 Å². The molecule has 0 saturated heterocycles. The Morgan fingerprint density at radius 1 is 1.24 bits per heavy atom. The molecule has 0 fully saturated rings. The molecule has 5 heteroatoms. The summed E-state index contributed by atoms with van der Waals surface area (Å²) in [6, 6.07) is 14.5. The number of guanidine groups is 1. The molecule has 1 aliphatic rings. The molecule has 0 radical (unpaired) electrons. The van der Waals surface area contributed by atoms with E-state index in [1.807, 2.05) is 42.2 Å². The summed E-state index contributed by atoms with van der Waals surface area (Å²) in [7, 11) is 0. The van der Waals surface area contributed by atoms with E-state index in [1.54, 1.807) is 12.1 Å². The SMILES string of the molecule is CC1(c2ccc(F)c(Cl)c2)CN=C(N)N1c1ccccc1. The molecule has 3 nitrogen and oxygen atoms in total. The average Bonchev–Trinajstić information content (AvgIpc) is 2.79. The molecular formula is C16H15ClFN3. The van der Waals surface area contributed by atoms with Crippen LogP contribution in [-0.2, 0) is 5.54 Å². The number of hydrogen-bond acceptors (Lipinski definition) is 3. The van der Waals surface area contributed by atoms with Crippen molar-refractivity contribution in [1.82, 2.24) is 0 Å². The van der Waals surface area contributed by atoms with Gasteiger partial charge in [-0.3, -0.25) is 4.99 Å². The zero-order valence-electron chi connectivity index (χ0n) is 11.6. The van der Waals surface area contributed by atoms with Crippen molar-refractivity contribution in [3.8, 4) is 0 Å². The van der Waals surface area contributed by atoms with E-state index in [0.29, 0.717) is 12.5 Å². The van der Waals surface area contributed by atoms with Crippen molar-refractivity contribution in [2.75, 3.05) is 11.4 Å². The Hall–Kier alpha value is -2.07. The zero-order chi connectivity index (χ0) is 15.0. The monoisotopic (exact) mass is 303 g/mol. The Balaban J connectivity index is 2.09. The van der Waals surface area contributed by atoms with Crippen LogP contribution < -0.4 is 10.6 Å². The highest BCUT2D eigenvalue weighted by Crippen LogP contribution is 2.37. The van der Waals surface area contributed by atoms with E-state index in [9.17, 15) is 4.39 Å². The van der Waals surface area contributed by atoms with Gasteiger partial charge in [-0.25, -0.2) is 4.39 Å². The quantitative estimate of drug-likeness (QED) is 0.922. The summed E-state index contributed by atoms with van der Waals surface area (Å²) in [6.45, 7) is 2.52. The molecule has 1 aliphatic heterocycles. The summed E-state index contributed by atoms with van der Waals surface area (Å²) in [4.78, 5) is 6.31. The fraction of sp³-hybridized carbons (Fsp3) is 0.188. The molecular weight excluding hydrogens is 289 g/mol. The smallest absolute Gasteiger partial charge is 0.196 e. The minimum Gasteiger partial charge on any atom is -0.369 e. The van der Waals surface area contributed by atoms with Gasteiger partial charge in [-0.15, -0.1) is 0 Å². The van der Waals surface area contributed by atoms with Crippen LogP contribution in [0.5, 0.6) is 0 Å². The normalized spacial score (nSPS) is 21.5. The summed E-state index contributed by atoms with van der Waals surface area (Å²) in [5, 5.41) is 0.104. The molecule has 1 unspecified atom stereocenters. The van der Waals surface area contributed by atoms with Gasteiger partial charge in [0, 0.05) is 5.69 Å². The second-order valence-corrected chi connectivity index (χ2v) is 5.66. The van der Waals surface area contributed by atoms with Crippen LogP contribution in [0.4, 0.5) is 10.1 Å². The van der Waals surface area contributed by atoms with Crippen LogP contribution in [-0.4, -0.2) is 12.5 Å². The van der Waals surface area contributed by atoms with E-state index in [4.69, 9.17) is 17.3 Å². The first-order chi connectivity index (χ1) is 10.0. The maximum atomic E-state index is 13.4. The van der Waals surface area contributed by atoms with Crippen LogP contribution in [0, 0.1) is 5.82 Å². The van der Waals surface area contributed by atoms with Crippen molar-refractivity contribution in [2.24, 2.45) is 10.7 Å². The maximum Gasteiger partial charge on any atom is 0.196 e. The predicted molar refractivity (Wildman–Crippen MR) is 84.2 cm³/mol. The van der Waals surface area contributed by atoms with Crippen molar-refractivity contribution >= 4 is 23.2 Å². The molecule has 0 bridgehead atoms. The standard InChI is InChI=1S/C16H15ClFN3/c1-16(11-7-8-14(18)13(17)9-11)10-20-15(19)21(16)12-5-3-2-4-6-12/h2-9H,10H2,1H3,(H2,19,20). The third kappa shape index (κ3) is 2.25. The Kier molecular flexibility index (Phi) is 3.33. The second-order valence-electron chi connectivity index (χ2n) is 5.25. The second kappa shape index (κ2) is 5.04. The van der Waals surface area contributed by atoms with Gasteiger partial charge in [0.2, 0.25) is 0 Å². The van der Waals surface area contributed by atoms with Gasteiger partial charge in [0.25, 0.3) is 0 Å². The third-order valence-corrected chi connectivity index (χ3v) is 4.12. The van der Waals surface area contributed by atoms with Crippen molar-refractivity contribution in [3.63, 3.8) is 0 Å². The summed E-state index contributed by atoms with van der Waals surface area (Å²) >= 11 is 5.92. The molecule has 2 aromatic carbocycles. The topological polar surface area (TPSA) is 41.6 Å². The number of para-hydroxylation sites is 1. The number of rotatable bonds is 2. The Bertz CT molecular complexity index is 702. The molecule has 3 rings (SSSR count). The summed E-state index contributed by atoms with van der Waals surface area (Å²) < 4.78 is 13.4. The largest absolute Gasteiger partial charge is 0.369 e. The summed E-state index contributed by atoms with van der Waals surface area (Å²) in [6.07, 6.45) is 0. The van der Waals surface area contributed by atoms with E-state index < -0.39 is 11.4 Å². The van der Waals surface area contributed by atoms with Crippen LogP contribution in [0.25, 0.3) is 0 Å². The Morgan fingerprint density at radius 3 is 2.62 bits per heavy atom. The minimum absolute atomic E-state index is 0.104. The molecule has 0 amide bonds. The van der Waals surface area contributed by atoms with Crippen molar-refractivity contribution in [2.45, 2.75) is 12.5 Å². The molecule has 2 N–H and O–H groups in total. The summed E-state index contributed by atoms with van der Waals surface area (Å²) in [5.41, 5.74) is 7.40. The van der Waals surface area contributed by atoms with Gasteiger partial charge >= 0.3 is 0 Å². The zero-order valence-corrected chi connectivity index (χ0v) is 12.3. The number of nitrogens with zero attached hydrogens (tertiary/aromatic N) is 2. The fourth-order valence-corrected chi connectivity index (χ4v) is 2.86. The number of nitrogens with two attached hydrogens (primary N) is 1. The molecule has 1 heterocycles. The van der Waals surface area contributed by atoms with E-state index >= 15 is 0 Å². The summed E-state index contributed by atoms with van der Waals surface area (Å²) in [5.74, 6) is 0.0197. The number of benzene rings is 2. The number of halogens is 2.